The van der Waals surface area contributed by atoms with Crippen LogP contribution in [0.25, 0.3) is 0 Å². The van der Waals surface area contributed by atoms with Gasteiger partial charge in [0.05, 0.1) is 6.54 Å². The van der Waals surface area contributed by atoms with Gasteiger partial charge in [0, 0.05) is 24.3 Å². The summed E-state index contributed by atoms with van der Waals surface area (Å²) in [5.41, 5.74) is 0. The number of nitrogens with one attached hydrogen (secondary N) is 1. The van der Waals surface area contributed by atoms with Gasteiger partial charge in [0.2, 0.25) is 0 Å². The molecule has 0 aromatic carbocycles. The maximum absolute atomic E-state index is 12.3. The summed E-state index contributed by atoms with van der Waals surface area (Å²) in [5.74, 6) is 0.633. The molecule has 7 heteroatoms. The molecule has 1 N–H and O–H groups in total. The lowest BCUT2D eigenvalue weighted by Crippen LogP contribution is -2.26. The molecule has 0 unspecified atom stereocenters. The van der Waals surface area contributed by atoms with Crippen LogP contribution in [0, 0.1) is 0 Å². The number of aryl methyl sites for hydroxylation is 1. The first-order valence-electron chi connectivity index (χ1n) is 5.57. The summed E-state index contributed by atoms with van der Waals surface area (Å²) in [4.78, 5) is 7.99. The van der Waals surface area contributed by atoms with Gasteiger partial charge in [0.25, 0.3) is 10.0 Å². The van der Waals surface area contributed by atoms with Crippen LogP contribution in [-0.2, 0) is 23.0 Å². The molecule has 5 nitrogen and oxygen atoms in total. The average molecular weight is 285 g/mol. The van der Waals surface area contributed by atoms with E-state index in [1.165, 1.54) is 15.6 Å². The number of aromatic nitrogens is 2. The molecule has 0 radical (unpaired) electrons. The van der Waals surface area contributed by atoms with E-state index in [9.17, 15) is 8.42 Å². The van der Waals surface area contributed by atoms with E-state index in [-0.39, 0.29) is 6.54 Å². The largest absolute Gasteiger partial charge is 0.347 e. The second kappa shape index (κ2) is 5.21. The first kappa shape index (κ1) is 13.3. The van der Waals surface area contributed by atoms with Crippen molar-refractivity contribution in [1.29, 1.82) is 0 Å². The quantitative estimate of drug-likeness (QED) is 0.911. The van der Waals surface area contributed by atoms with Gasteiger partial charge < -0.3 is 4.98 Å². The number of imidazole rings is 1. The van der Waals surface area contributed by atoms with Gasteiger partial charge in [-0.2, -0.15) is 4.31 Å². The van der Waals surface area contributed by atoms with Crippen molar-refractivity contribution in [2.45, 2.75) is 24.1 Å². The van der Waals surface area contributed by atoms with Crippen molar-refractivity contribution in [2.75, 3.05) is 7.05 Å². The number of aromatic amines is 1. The molecule has 0 amide bonds. The van der Waals surface area contributed by atoms with Crippen LogP contribution in [0.4, 0.5) is 0 Å². The van der Waals surface area contributed by atoms with Gasteiger partial charge in [0.15, 0.2) is 0 Å². The molecule has 0 bridgehead atoms. The van der Waals surface area contributed by atoms with Crippen molar-refractivity contribution in [3.8, 4) is 0 Å². The second-order valence-corrected chi connectivity index (χ2v) is 7.31. The molecule has 2 aromatic rings. The SMILES string of the molecule is CCc1ccc(S(=O)(=O)N(C)Cc2ncc[nH]2)s1. The zero-order chi connectivity index (χ0) is 13.2. The predicted octanol–water partition coefficient (Wildman–Crippen LogP) is 1.85. The van der Waals surface area contributed by atoms with Crippen LogP contribution in [0.5, 0.6) is 0 Å². The Kier molecular flexibility index (Phi) is 3.84. The van der Waals surface area contributed by atoms with Crippen LogP contribution in [0.3, 0.4) is 0 Å². The van der Waals surface area contributed by atoms with Crippen LogP contribution < -0.4 is 0 Å². The van der Waals surface area contributed by atoms with Crippen LogP contribution in [-0.4, -0.2) is 29.7 Å². The minimum Gasteiger partial charge on any atom is -0.347 e. The second-order valence-electron chi connectivity index (χ2n) is 3.87. The van der Waals surface area contributed by atoms with E-state index >= 15 is 0 Å². The molecule has 2 heterocycles. The third kappa shape index (κ3) is 2.63. The Hall–Kier alpha value is -1.18. The smallest absolute Gasteiger partial charge is 0.252 e. The summed E-state index contributed by atoms with van der Waals surface area (Å²) in [6.07, 6.45) is 4.13. The fourth-order valence-electron chi connectivity index (χ4n) is 1.52. The highest BCUT2D eigenvalue weighted by Gasteiger charge is 2.23. The molecule has 0 aliphatic rings. The van der Waals surface area contributed by atoms with Crippen molar-refractivity contribution >= 4 is 21.4 Å². The number of hydrogen-bond donors (Lipinski definition) is 1. The van der Waals surface area contributed by atoms with E-state index in [1.807, 2.05) is 13.0 Å². The Labute approximate surface area is 111 Å². The Balaban J connectivity index is 2.19. The van der Waals surface area contributed by atoms with Gasteiger partial charge in [-0.15, -0.1) is 11.3 Å². The zero-order valence-electron chi connectivity index (χ0n) is 10.3. The summed E-state index contributed by atoms with van der Waals surface area (Å²) in [6.45, 7) is 2.25. The van der Waals surface area contributed by atoms with Gasteiger partial charge in [-0.1, -0.05) is 6.92 Å². The van der Waals surface area contributed by atoms with Crippen LogP contribution in [0.1, 0.15) is 17.6 Å². The van der Waals surface area contributed by atoms with Gasteiger partial charge in [0.1, 0.15) is 10.0 Å². The van der Waals surface area contributed by atoms with E-state index in [2.05, 4.69) is 9.97 Å². The van der Waals surface area contributed by atoms with Gasteiger partial charge in [-0.05, 0) is 18.6 Å². The van der Waals surface area contributed by atoms with E-state index in [0.29, 0.717) is 10.0 Å². The molecular formula is C11H15N3O2S2. The van der Waals surface area contributed by atoms with Crippen molar-refractivity contribution in [1.82, 2.24) is 14.3 Å². The molecule has 0 fully saturated rings. The summed E-state index contributed by atoms with van der Waals surface area (Å²) in [5, 5.41) is 0. The fraction of sp³-hybridized carbons (Fsp3) is 0.364. The Morgan fingerprint density at radius 2 is 2.22 bits per heavy atom. The van der Waals surface area contributed by atoms with Crippen molar-refractivity contribution in [3.63, 3.8) is 0 Å². The summed E-state index contributed by atoms with van der Waals surface area (Å²) in [6, 6.07) is 3.52. The Morgan fingerprint density at radius 3 is 2.78 bits per heavy atom. The molecule has 0 aliphatic carbocycles. The Bertz CT molecular complexity index is 602. The molecule has 2 aromatic heterocycles. The zero-order valence-corrected chi connectivity index (χ0v) is 11.9. The number of hydrogen-bond acceptors (Lipinski definition) is 4. The minimum absolute atomic E-state index is 0.245. The van der Waals surface area contributed by atoms with Crippen LogP contribution in [0.15, 0.2) is 28.7 Å². The highest BCUT2D eigenvalue weighted by atomic mass is 32.2. The number of thiophene rings is 1. The maximum atomic E-state index is 12.3. The lowest BCUT2D eigenvalue weighted by molar-refractivity contribution is 0.460. The minimum atomic E-state index is -3.41. The lowest BCUT2D eigenvalue weighted by atomic mass is 10.4. The average Bonchev–Trinajstić information content (AvgIpc) is 2.99. The summed E-state index contributed by atoms with van der Waals surface area (Å²) >= 11 is 1.32. The van der Waals surface area contributed by atoms with E-state index in [0.717, 1.165) is 11.3 Å². The van der Waals surface area contributed by atoms with Crippen molar-refractivity contribution in [3.05, 3.63) is 35.2 Å². The predicted molar refractivity (Wildman–Crippen MR) is 70.9 cm³/mol. The highest BCUT2D eigenvalue weighted by molar-refractivity contribution is 7.91. The van der Waals surface area contributed by atoms with E-state index < -0.39 is 10.0 Å². The fourth-order valence-corrected chi connectivity index (χ4v) is 4.16. The first-order valence-corrected chi connectivity index (χ1v) is 7.83. The first-order chi connectivity index (χ1) is 8.54. The summed E-state index contributed by atoms with van der Waals surface area (Å²) < 4.78 is 26.3. The van der Waals surface area contributed by atoms with Gasteiger partial charge in [-0.25, -0.2) is 13.4 Å². The molecule has 0 saturated heterocycles. The molecule has 0 saturated carbocycles. The van der Waals surface area contributed by atoms with Gasteiger partial charge >= 0.3 is 0 Å². The molecule has 0 atom stereocenters. The van der Waals surface area contributed by atoms with Crippen LogP contribution in [0.2, 0.25) is 0 Å². The lowest BCUT2D eigenvalue weighted by Gasteiger charge is -2.14. The Morgan fingerprint density at radius 1 is 1.44 bits per heavy atom. The third-order valence-corrected chi connectivity index (χ3v) is 6.08. The topological polar surface area (TPSA) is 66.1 Å². The molecule has 98 valence electrons. The van der Waals surface area contributed by atoms with Gasteiger partial charge in [-0.3, -0.25) is 0 Å². The number of rotatable bonds is 5. The maximum Gasteiger partial charge on any atom is 0.252 e. The van der Waals surface area contributed by atoms with E-state index in [4.69, 9.17) is 0 Å². The molecule has 0 aliphatic heterocycles. The number of H-pyrrole nitrogens is 1. The number of sulfonamides is 1. The summed E-state index contributed by atoms with van der Waals surface area (Å²) in [7, 11) is -1.85. The highest BCUT2D eigenvalue weighted by Crippen LogP contribution is 2.25. The van der Waals surface area contributed by atoms with Crippen LogP contribution >= 0.6 is 11.3 Å². The molecular weight excluding hydrogens is 270 g/mol. The third-order valence-electron chi connectivity index (χ3n) is 2.58. The van der Waals surface area contributed by atoms with Crippen molar-refractivity contribution in [2.24, 2.45) is 0 Å². The molecule has 18 heavy (non-hydrogen) atoms. The van der Waals surface area contributed by atoms with Crippen molar-refractivity contribution < 1.29 is 8.42 Å². The monoisotopic (exact) mass is 285 g/mol. The molecule has 0 spiro atoms. The normalized spacial score (nSPS) is 12.2. The molecule has 2 rings (SSSR count). The standard InChI is InChI=1S/C11H15N3O2S2/c1-3-9-4-5-11(17-9)18(15,16)14(2)8-10-12-6-7-13-10/h4-7H,3,8H2,1-2H3,(H,12,13). The number of nitrogens with zero attached hydrogens (tertiary/aromatic N) is 2. The van der Waals surface area contributed by atoms with E-state index in [1.54, 1.807) is 25.5 Å².